The molecule has 0 radical (unpaired) electrons. The minimum atomic E-state index is -0.917. The Morgan fingerprint density at radius 2 is 1.58 bits per heavy atom. The molecule has 1 aliphatic heterocycles. The van der Waals surface area contributed by atoms with Crippen LogP contribution in [0, 0.1) is 31.1 Å². The second kappa shape index (κ2) is 9.33. The van der Waals surface area contributed by atoms with Crippen molar-refractivity contribution in [2.45, 2.75) is 58.7 Å². The number of methoxy groups -OCH3 is 2. The number of carbonyl (C=O) groups is 3. The zero-order valence-electron chi connectivity index (χ0n) is 19.0. The monoisotopic (exact) mass is 425 g/mol. The third-order valence-electron chi connectivity index (χ3n) is 6.66. The van der Waals surface area contributed by atoms with Gasteiger partial charge in [0.2, 0.25) is 6.29 Å². The molecule has 0 aromatic heterocycles. The summed E-state index contributed by atoms with van der Waals surface area (Å²) >= 11 is 0. The van der Waals surface area contributed by atoms with E-state index in [9.17, 15) is 14.4 Å². The quantitative estimate of drug-likeness (QED) is 0.421. The molecule has 1 aliphatic carbocycles. The predicted molar refractivity (Wildman–Crippen MR) is 117 cm³/mol. The van der Waals surface area contributed by atoms with E-state index < -0.39 is 12.2 Å². The van der Waals surface area contributed by atoms with Gasteiger partial charge in [-0.2, -0.15) is 0 Å². The van der Waals surface area contributed by atoms with Crippen LogP contribution < -0.4 is 0 Å². The lowest BCUT2D eigenvalue weighted by Crippen LogP contribution is -2.51. The molecule has 0 atom stereocenters. The summed E-state index contributed by atoms with van der Waals surface area (Å²) in [5, 5.41) is 0. The number of nitrogens with zero attached hydrogens (tertiary/aromatic N) is 1. The predicted octanol–water partition coefficient (Wildman–Crippen LogP) is 2.92. The molecular weight excluding hydrogens is 394 g/mol. The molecule has 0 N–H and O–H groups in total. The summed E-state index contributed by atoms with van der Waals surface area (Å²) in [4.78, 5) is 40.7. The lowest BCUT2D eigenvalue weighted by Gasteiger charge is -2.45. The van der Waals surface area contributed by atoms with Gasteiger partial charge in [0.05, 0.1) is 0 Å². The standard InChI is InChI=1S/C25H31NO5/c1-6-7-18-12-16(2)21(17(3)13-18)22-19(27)14-25(15-20(22)28)8-10-26(11-9-25)23(29)24(30-4)31-5/h12-13,22,24H,8-11,14-15H2,1-5H3. The van der Waals surface area contributed by atoms with E-state index in [1.807, 2.05) is 26.0 Å². The van der Waals surface area contributed by atoms with Crippen LogP contribution in [0.15, 0.2) is 12.1 Å². The summed E-state index contributed by atoms with van der Waals surface area (Å²) in [6.45, 7) is 6.67. The summed E-state index contributed by atoms with van der Waals surface area (Å²) in [6.07, 6.45) is 1.09. The highest BCUT2D eigenvalue weighted by Gasteiger charge is 2.48. The molecule has 0 unspecified atom stereocenters. The number of Topliss-reactive ketones (excluding diaryl/α,β-unsaturated/α-hetero) is 2. The first-order valence-electron chi connectivity index (χ1n) is 10.7. The molecular formula is C25H31NO5. The number of amides is 1. The molecule has 31 heavy (non-hydrogen) atoms. The maximum atomic E-state index is 13.2. The Hall–Kier alpha value is -2.49. The van der Waals surface area contributed by atoms with Crippen LogP contribution >= 0.6 is 0 Å². The molecule has 1 aromatic carbocycles. The van der Waals surface area contributed by atoms with E-state index in [4.69, 9.17) is 9.47 Å². The Balaban J connectivity index is 1.76. The summed E-state index contributed by atoms with van der Waals surface area (Å²) in [5.74, 6) is 5.01. The first kappa shape index (κ1) is 23.2. The fraction of sp³-hybridized carbons (Fsp3) is 0.560. The SMILES string of the molecule is CC#Cc1cc(C)c(C2C(=O)CC3(CCN(C(=O)C(OC)OC)CC3)CC2=O)c(C)c1. The van der Waals surface area contributed by atoms with E-state index >= 15 is 0 Å². The molecule has 1 saturated heterocycles. The number of aryl methyl sites for hydroxylation is 2. The molecule has 1 spiro atoms. The normalized spacial score (nSPS) is 19.0. The van der Waals surface area contributed by atoms with Gasteiger partial charge in [0.25, 0.3) is 5.91 Å². The molecule has 3 rings (SSSR count). The summed E-state index contributed by atoms with van der Waals surface area (Å²) in [5.41, 5.74) is 3.25. The maximum Gasteiger partial charge on any atom is 0.279 e. The van der Waals surface area contributed by atoms with Gasteiger partial charge in [0, 0.05) is 45.7 Å². The van der Waals surface area contributed by atoms with Gasteiger partial charge in [0.15, 0.2) is 0 Å². The van der Waals surface area contributed by atoms with E-state index in [-0.39, 0.29) is 22.9 Å². The Labute approximate surface area is 184 Å². The highest BCUT2D eigenvalue weighted by molar-refractivity contribution is 6.10. The number of piperidine rings is 1. The van der Waals surface area contributed by atoms with Crippen LogP contribution in [0.1, 0.15) is 60.8 Å². The van der Waals surface area contributed by atoms with E-state index in [1.54, 1.807) is 11.8 Å². The van der Waals surface area contributed by atoms with Crippen LogP contribution in [0.5, 0.6) is 0 Å². The fourth-order valence-electron chi connectivity index (χ4n) is 5.16. The largest absolute Gasteiger partial charge is 0.348 e. The molecule has 1 saturated carbocycles. The second-order valence-electron chi connectivity index (χ2n) is 8.75. The molecule has 6 nitrogen and oxygen atoms in total. The summed E-state index contributed by atoms with van der Waals surface area (Å²) < 4.78 is 10.1. The van der Waals surface area contributed by atoms with Gasteiger partial charge in [0.1, 0.15) is 17.5 Å². The van der Waals surface area contributed by atoms with Gasteiger partial charge >= 0.3 is 0 Å². The molecule has 1 aromatic rings. The molecule has 6 heteroatoms. The summed E-state index contributed by atoms with van der Waals surface area (Å²) in [7, 11) is 2.86. The number of ketones is 2. The zero-order valence-corrected chi connectivity index (χ0v) is 19.0. The van der Waals surface area contributed by atoms with Crippen LogP contribution in [0.4, 0.5) is 0 Å². The van der Waals surface area contributed by atoms with Crippen molar-refractivity contribution in [3.63, 3.8) is 0 Å². The van der Waals surface area contributed by atoms with E-state index in [0.717, 1.165) is 22.3 Å². The van der Waals surface area contributed by atoms with Gasteiger partial charge in [-0.15, -0.1) is 5.92 Å². The fourth-order valence-corrected chi connectivity index (χ4v) is 5.16. The van der Waals surface area contributed by atoms with E-state index in [0.29, 0.717) is 38.8 Å². The van der Waals surface area contributed by atoms with Crippen LogP contribution in [0.3, 0.4) is 0 Å². The Morgan fingerprint density at radius 1 is 1.06 bits per heavy atom. The molecule has 1 amide bonds. The number of likely N-dealkylation sites (tertiary alicyclic amines) is 1. The zero-order chi connectivity index (χ0) is 22.8. The number of ether oxygens (including phenoxy) is 2. The van der Waals surface area contributed by atoms with Gasteiger partial charge in [-0.05, 0) is 67.9 Å². The Morgan fingerprint density at radius 3 is 2.03 bits per heavy atom. The third kappa shape index (κ3) is 4.58. The average Bonchev–Trinajstić information content (AvgIpc) is 2.71. The molecule has 1 heterocycles. The lowest BCUT2D eigenvalue weighted by molar-refractivity contribution is -0.172. The first-order chi connectivity index (χ1) is 14.7. The van der Waals surface area contributed by atoms with Crippen LogP contribution in [0.25, 0.3) is 0 Å². The van der Waals surface area contributed by atoms with Crippen molar-refractivity contribution in [3.05, 3.63) is 34.4 Å². The van der Waals surface area contributed by atoms with Crippen LogP contribution in [0.2, 0.25) is 0 Å². The maximum absolute atomic E-state index is 13.2. The lowest BCUT2D eigenvalue weighted by atomic mass is 9.62. The van der Waals surface area contributed by atoms with Crippen molar-refractivity contribution in [2.24, 2.45) is 5.41 Å². The third-order valence-corrected chi connectivity index (χ3v) is 6.66. The Kier molecular flexibility index (Phi) is 6.98. The van der Waals surface area contributed by atoms with Gasteiger partial charge in [-0.3, -0.25) is 14.4 Å². The molecule has 0 bridgehead atoms. The Bertz CT molecular complexity index is 899. The number of carbonyl (C=O) groups excluding carboxylic acids is 3. The average molecular weight is 426 g/mol. The van der Waals surface area contributed by atoms with Crippen molar-refractivity contribution < 1.29 is 23.9 Å². The summed E-state index contributed by atoms with van der Waals surface area (Å²) in [6, 6.07) is 3.91. The number of hydrogen-bond donors (Lipinski definition) is 0. The van der Waals surface area contributed by atoms with Crippen molar-refractivity contribution >= 4 is 17.5 Å². The van der Waals surface area contributed by atoms with Crippen molar-refractivity contribution in [1.29, 1.82) is 0 Å². The van der Waals surface area contributed by atoms with E-state index in [2.05, 4.69) is 11.8 Å². The topological polar surface area (TPSA) is 72.9 Å². The first-order valence-corrected chi connectivity index (χ1v) is 10.7. The number of rotatable bonds is 4. The number of benzene rings is 1. The molecule has 2 fully saturated rings. The highest BCUT2D eigenvalue weighted by Crippen LogP contribution is 2.46. The van der Waals surface area contributed by atoms with Crippen molar-refractivity contribution in [1.82, 2.24) is 4.90 Å². The minimum absolute atomic E-state index is 0.0109. The second-order valence-corrected chi connectivity index (χ2v) is 8.75. The van der Waals surface area contributed by atoms with Crippen molar-refractivity contribution in [2.75, 3.05) is 27.3 Å². The molecule has 2 aliphatic rings. The van der Waals surface area contributed by atoms with Gasteiger partial charge < -0.3 is 14.4 Å². The minimum Gasteiger partial charge on any atom is -0.348 e. The smallest absolute Gasteiger partial charge is 0.279 e. The van der Waals surface area contributed by atoms with E-state index in [1.165, 1.54) is 14.2 Å². The van der Waals surface area contributed by atoms with Crippen LogP contribution in [-0.4, -0.2) is 56.0 Å². The van der Waals surface area contributed by atoms with Gasteiger partial charge in [-0.1, -0.05) is 5.92 Å². The van der Waals surface area contributed by atoms with Gasteiger partial charge in [-0.25, -0.2) is 0 Å². The number of hydrogen-bond acceptors (Lipinski definition) is 5. The van der Waals surface area contributed by atoms with Crippen LogP contribution in [-0.2, 0) is 23.9 Å². The highest BCUT2D eigenvalue weighted by atomic mass is 16.7. The van der Waals surface area contributed by atoms with Crippen molar-refractivity contribution in [3.8, 4) is 11.8 Å². The molecule has 166 valence electrons.